The standard InChI is InChI=1S/C7H5F3O.C5H10/c8-7(9,10)5-1-3-6(11)4-2-5;1-2-5-3-4-5/h1-4,11H;5H,2-4H2,1H3. The lowest BCUT2D eigenvalue weighted by Crippen LogP contribution is -2.03. The Morgan fingerprint density at radius 3 is 1.94 bits per heavy atom. The third-order valence-electron chi connectivity index (χ3n) is 2.47. The van der Waals surface area contributed by atoms with Crippen LogP contribution in [0.3, 0.4) is 0 Å². The zero-order chi connectivity index (χ0) is 12.2. The van der Waals surface area contributed by atoms with Gasteiger partial charge in [-0.05, 0) is 30.2 Å². The highest BCUT2D eigenvalue weighted by molar-refractivity contribution is 5.27. The van der Waals surface area contributed by atoms with Gasteiger partial charge in [0.15, 0.2) is 0 Å². The van der Waals surface area contributed by atoms with Crippen molar-refractivity contribution < 1.29 is 18.3 Å². The monoisotopic (exact) mass is 232 g/mol. The van der Waals surface area contributed by atoms with Crippen molar-refractivity contribution in [3.05, 3.63) is 29.8 Å². The van der Waals surface area contributed by atoms with Gasteiger partial charge in [-0.3, -0.25) is 0 Å². The van der Waals surface area contributed by atoms with E-state index >= 15 is 0 Å². The lowest BCUT2D eigenvalue weighted by Gasteiger charge is -2.04. The highest BCUT2D eigenvalue weighted by Gasteiger charge is 2.29. The zero-order valence-corrected chi connectivity index (χ0v) is 9.09. The van der Waals surface area contributed by atoms with Gasteiger partial charge in [-0.2, -0.15) is 13.2 Å². The molecule has 1 saturated carbocycles. The molecule has 0 bridgehead atoms. The molecule has 0 unspecified atom stereocenters. The van der Waals surface area contributed by atoms with Crippen molar-refractivity contribution >= 4 is 0 Å². The van der Waals surface area contributed by atoms with E-state index in [0.29, 0.717) is 0 Å². The smallest absolute Gasteiger partial charge is 0.416 e. The molecule has 0 radical (unpaired) electrons. The Balaban J connectivity index is 0.000000212. The van der Waals surface area contributed by atoms with Crippen LogP contribution in [0.4, 0.5) is 13.2 Å². The van der Waals surface area contributed by atoms with E-state index in [1.165, 1.54) is 19.3 Å². The van der Waals surface area contributed by atoms with E-state index in [-0.39, 0.29) is 5.75 Å². The summed E-state index contributed by atoms with van der Waals surface area (Å²) in [6, 6.07) is 3.66. The van der Waals surface area contributed by atoms with Crippen molar-refractivity contribution in [1.82, 2.24) is 0 Å². The van der Waals surface area contributed by atoms with Gasteiger partial charge in [-0.1, -0.05) is 26.2 Å². The van der Waals surface area contributed by atoms with Crippen LogP contribution in [0.2, 0.25) is 0 Å². The first-order valence-electron chi connectivity index (χ1n) is 5.29. The van der Waals surface area contributed by atoms with Crippen LogP contribution in [-0.2, 0) is 6.18 Å². The molecule has 4 heteroatoms. The molecule has 1 aromatic rings. The summed E-state index contributed by atoms with van der Waals surface area (Å²) in [5, 5.41) is 8.66. The minimum atomic E-state index is -4.33. The van der Waals surface area contributed by atoms with Crippen molar-refractivity contribution in [3.63, 3.8) is 0 Å². The van der Waals surface area contributed by atoms with Gasteiger partial charge in [0.1, 0.15) is 5.75 Å². The normalized spacial score (nSPS) is 15.2. The summed E-state index contributed by atoms with van der Waals surface area (Å²) in [6.45, 7) is 2.26. The highest BCUT2D eigenvalue weighted by Crippen LogP contribution is 2.31. The molecule has 0 spiro atoms. The summed E-state index contributed by atoms with van der Waals surface area (Å²) in [7, 11) is 0. The predicted molar refractivity (Wildman–Crippen MR) is 56.1 cm³/mol. The van der Waals surface area contributed by atoms with Crippen molar-refractivity contribution in [2.45, 2.75) is 32.4 Å². The van der Waals surface area contributed by atoms with Crippen molar-refractivity contribution in [1.29, 1.82) is 0 Å². The molecule has 0 saturated heterocycles. The van der Waals surface area contributed by atoms with Gasteiger partial charge in [-0.25, -0.2) is 0 Å². The number of hydrogen-bond donors (Lipinski definition) is 1. The maximum absolute atomic E-state index is 11.8. The predicted octanol–water partition coefficient (Wildman–Crippen LogP) is 4.22. The van der Waals surface area contributed by atoms with Gasteiger partial charge in [0, 0.05) is 0 Å². The highest BCUT2D eigenvalue weighted by atomic mass is 19.4. The molecule has 0 heterocycles. The molecule has 90 valence electrons. The number of halogens is 3. The molecule has 0 aromatic heterocycles. The fourth-order valence-electron chi connectivity index (χ4n) is 1.18. The maximum atomic E-state index is 11.8. The van der Waals surface area contributed by atoms with Gasteiger partial charge in [0.2, 0.25) is 0 Å². The van der Waals surface area contributed by atoms with Crippen molar-refractivity contribution in [2.24, 2.45) is 5.92 Å². The minimum Gasteiger partial charge on any atom is -0.508 e. The fraction of sp³-hybridized carbons (Fsp3) is 0.500. The van der Waals surface area contributed by atoms with Gasteiger partial charge < -0.3 is 5.11 Å². The second-order valence-corrected chi connectivity index (χ2v) is 3.90. The molecular weight excluding hydrogens is 217 g/mol. The van der Waals surface area contributed by atoms with Gasteiger partial charge in [0.25, 0.3) is 0 Å². The second kappa shape index (κ2) is 5.23. The van der Waals surface area contributed by atoms with E-state index in [4.69, 9.17) is 5.11 Å². The molecule has 0 amide bonds. The Morgan fingerprint density at radius 2 is 1.69 bits per heavy atom. The van der Waals surface area contributed by atoms with Crippen molar-refractivity contribution in [2.75, 3.05) is 0 Å². The molecule has 1 aromatic carbocycles. The maximum Gasteiger partial charge on any atom is 0.416 e. The third-order valence-corrected chi connectivity index (χ3v) is 2.47. The Labute approximate surface area is 92.9 Å². The summed E-state index contributed by atoms with van der Waals surface area (Å²) >= 11 is 0. The first kappa shape index (κ1) is 12.9. The molecule has 0 atom stereocenters. The number of phenolic OH excluding ortho intramolecular Hbond substituents is 1. The number of rotatable bonds is 1. The number of benzene rings is 1. The first-order valence-corrected chi connectivity index (χ1v) is 5.29. The SMILES string of the molecule is CCC1CC1.Oc1ccc(C(F)(F)F)cc1. The van der Waals surface area contributed by atoms with Crippen LogP contribution in [-0.4, -0.2) is 5.11 Å². The van der Waals surface area contributed by atoms with Crippen LogP contribution in [0.5, 0.6) is 5.75 Å². The van der Waals surface area contributed by atoms with E-state index in [9.17, 15) is 13.2 Å². The molecule has 16 heavy (non-hydrogen) atoms. The van der Waals surface area contributed by atoms with E-state index in [1.54, 1.807) is 0 Å². The molecule has 2 rings (SSSR count). The van der Waals surface area contributed by atoms with Crippen LogP contribution in [0.15, 0.2) is 24.3 Å². The Morgan fingerprint density at radius 1 is 1.19 bits per heavy atom. The largest absolute Gasteiger partial charge is 0.508 e. The molecule has 0 aliphatic heterocycles. The van der Waals surface area contributed by atoms with Crippen LogP contribution in [0, 0.1) is 5.92 Å². The number of alkyl halides is 3. The van der Waals surface area contributed by atoms with Crippen LogP contribution >= 0.6 is 0 Å². The molecule has 1 nitrogen and oxygen atoms in total. The van der Waals surface area contributed by atoms with E-state index in [2.05, 4.69) is 6.92 Å². The summed E-state index contributed by atoms with van der Waals surface area (Å²) in [5.74, 6) is 0.966. The molecule has 1 N–H and O–H groups in total. The fourth-order valence-corrected chi connectivity index (χ4v) is 1.18. The summed E-state index contributed by atoms with van der Waals surface area (Å²) in [4.78, 5) is 0. The lowest BCUT2D eigenvalue weighted by molar-refractivity contribution is -0.137. The topological polar surface area (TPSA) is 20.2 Å². The van der Waals surface area contributed by atoms with E-state index in [0.717, 1.165) is 30.2 Å². The lowest BCUT2D eigenvalue weighted by atomic mass is 10.2. The van der Waals surface area contributed by atoms with Gasteiger partial charge in [0.05, 0.1) is 5.56 Å². The van der Waals surface area contributed by atoms with Crippen LogP contribution in [0.1, 0.15) is 31.7 Å². The Hall–Kier alpha value is -1.19. The van der Waals surface area contributed by atoms with Crippen LogP contribution < -0.4 is 0 Å². The number of phenols is 1. The first-order chi connectivity index (χ1) is 7.43. The van der Waals surface area contributed by atoms with E-state index in [1.807, 2.05) is 0 Å². The number of hydrogen-bond acceptors (Lipinski definition) is 1. The molecule has 1 aliphatic rings. The van der Waals surface area contributed by atoms with Gasteiger partial charge >= 0.3 is 6.18 Å². The van der Waals surface area contributed by atoms with Gasteiger partial charge in [-0.15, -0.1) is 0 Å². The summed E-state index contributed by atoms with van der Waals surface area (Å²) in [6.07, 6.45) is 0.112. The average Bonchev–Trinajstić information content (AvgIpc) is 3.01. The molecule has 1 aliphatic carbocycles. The average molecular weight is 232 g/mol. The summed E-state index contributed by atoms with van der Waals surface area (Å²) in [5.41, 5.74) is -0.754. The van der Waals surface area contributed by atoms with Crippen LogP contribution in [0.25, 0.3) is 0 Å². The Kier molecular flexibility index (Phi) is 4.21. The quantitative estimate of drug-likeness (QED) is 0.768. The third kappa shape index (κ3) is 4.55. The zero-order valence-electron chi connectivity index (χ0n) is 9.09. The second-order valence-electron chi connectivity index (χ2n) is 3.90. The molecular formula is C12H15F3O. The van der Waals surface area contributed by atoms with Crippen molar-refractivity contribution in [3.8, 4) is 5.75 Å². The minimum absolute atomic E-state index is 0.169. The summed E-state index contributed by atoms with van der Waals surface area (Å²) < 4.78 is 35.5. The molecule has 1 fully saturated rings. The Bertz CT molecular complexity index is 312. The van der Waals surface area contributed by atoms with E-state index < -0.39 is 11.7 Å². The number of aromatic hydroxyl groups is 1.